The van der Waals surface area contributed by atoms with E-state index in [9.17, 15) is 19.0 Å². The first-order chi connectivity index (χ1) is 42.0. The summed E-state index contributed by atoms with van der Waals surface area (Å²) in [6, 6.07) is 0. The van der Waals surface area contributed by atoms with Crippen LogP contribution in [0, 0.1) is 0 Å². The Balaban J connectivity index is 4.03. The molecule has 0 bridgehead atoms. The number of likely N-dealkylation sites (N-methyl/N-ethyl adjacent to an activating group) is 1. The first-order valence-electron chi connectivity index (χ1n) is 35.6. The molecule has 0 aromatic heterocycles. The third-order valence-electron chi connectivity index (χ3n) is 15.3. The van der Waals surface area contributed by atoms with Gasteiger partial charge in [-0.3, -0.25) is 18.6 Å². The summed E-state index contributed by atoms with van der Waals surface area (Å²) in [6.45, 7) is 4.35. The molecule has 0 fully saturated rings. The summed E-state index contributed by atoms with van der Waals surface area (Å²) in [4.78, 5) is 35.9. The zero-order valence-electron chi connectivity index (χ0n) is 56.5. The molecule has 496 valence electrons. The van der Waals surface area contributed by atoms with E-state index < -0.39 is 26.5 Å². The second-order valence-corrected chi connectivity index (χ2v) is 26.3. The Hall–Kier alpha value is -3.33. The van der Waals surface area contributed by atoms with E-state index >= 15 is 0 Å². The van der Waals surface area contributed by atoms with Gasteiger partial charge in [0, 0.05) is 12.8 Å². The van der Waals surface area contributed by atoms with E-state index in [1.807, 2.05) is 21.1 Å². The van der Waals surface area contributed by atoms with Crippen molar-refractivity contribution < 1.29 is 42.1 Å². The smallest absolute Gasteiger partial charge is 0.462 e. The molecule has 2 atom stereocenters. The number of esters is 2. The first-order valence-corrected chi connectivity index (χ1v) is 37.1. The largest absolute Gasteiger partial charge is 0.472 e. The molecule has 0 heterocycles. The van der Waals surface area contributed by atoms with Crippen LogP contribution in [0.1, 0.15) is 309 Å². The van der Waals surface area contributed by atoms with Crippen LogP contribution in [0.3, 0.4) is 0 Å². The second-order valence-electron chi connectivity index (χ2n) is 24.9. The van der Waals surface area contributed by atoms with Crippen molar-refractivity contribution in [1.82, 2.24) is 0 Å². The minimum Gasteiger partial charge on any atom is -0.462 e. The Morgan fingerprint density at radius 2 is 0.663 bits per heavy atom. The number of allylic oxidation sites excluding steroid dienone is 18. The van der Waals surface area contributed by atoms with Crippen LogP contribution >= 0.6 is 7.82 Å². The van der Waals surface area contributed by atoms with Gasteiger partial charge in [-0.25, -0.2) is 4.57 Å². The average molecular weight is 1220 g/mol. The molecule has 1 N–H and O–H groups in total. The molecule has 0 aliphatic carbocycles. The molecule has 0 saturated carbocycles. The highest BCUT2D eigenvalue weighted by atomic mass is 31.2. The molecule has 0 radical (unpaired) electrons. The fourth-order valence-corrected chi connectivity index (χ4v) is 10.6. The number of hydrogen-bond acceptors (Lipinski definition) is 7. The van der Waals surface area contributed by atoms with Crippen LogP contribution < -0.4 is 0 Å². The molecule has 9 nitrogen and oxygen atoms in total. The minimum absolute atomic E-state index is 0.0290. The lowest BCUT2D eigenvalue weighted by Gasteiger charge is -2.24. The molecule has 0 aromatic rings. The average Bonchev–Trinajstić information content (AvgIpc) is 3.56. The molecule has 0 rings (SSSR count). The van der Waals surface area contributed by atoms with E-state index in [-0.39, 0.29) is 32.0 Å². The van der Waals surface area contributed by atoms with Gasteiger partial charge in [0.05, 0.1) is 27.7 Å². The normalized spacial score (nSPS) is 13.8. The van der Waals surface area contributed by atoms with Crippen LogP contribution in [-0.4, -0.2) is 74.9 Å². The number of nitrogens with zero attached hydrogens (tertiary/aromatic N) is 1. The van der Waals surface area contributed by atoms with Crippen molar-refractivity contribution in [1.29, 1.82) is 0 Å². The molecule has 0 aliphatic heterocycles. The van der Waals surface area contributed by atoms with Crippen LogP contribution in [0.2, 0.25) is 0 Å². The van der Waals surface area contributed by atoms with Crippen LogP contribution in [0.25, 0.3) is 0 Å². The van der Waals surface area contributed by atoms with Gasteiger partial charge in [0.1, 0.15) is 19.8 Å². The van der Waals surface area contributed by atoms with Gasteiger partial charge in [0.25, 0.3) is 0 Å². The van der Waals surface area contributed by atoms with E-state index in [0.717, 1.165) is 89.9 Å². The molecule has 0 saturated heterocycles. The Labute approximate surface area is 531 Å². The lowest BCUT2D eigenvalue weighted by atomic mass is 10.0. The highest BCUT2D eigenvalue weighted by Gasteiger charge is 2.27. The summed E-state index contributed by atoms with van der Waals surface area (Å²) in [7, 11) is 1.48. The van der Waals surface area contributed by atoms with Crippen LogP contribution in [0.5, 0.6) is 0 Å². The summed E-state index contributed by atoms with van der Waals surface area (Å²) < 4.78 is 34.7. The Morgan fingerprint density at radius 1 is 0.372 bits per heavy atom. The van der Waals surface area contributed by atoms with Gasteiger partial charge >= 0.3 is 19.8 Å². The van der Waals surface area contributed by atoms with E-state index in [1.54, 1.807) is 0 Å². The third-order valence-corrected chi connectivity index (χ3v) is 16.3. The number of phosphoric ester groups is 1. The van der Waals surface area contributed by atoms with E-state index in [2.05, 4.69) is 123 Å². The fraction of sp³-hybridized carbons (Fsp3) is 0.737. The molecule has 0 amide bonds. The van der Waals surface area contributed by atoms with Crippen molar-refractivity contribution in [2.75, 3.05) is 47.5 Å². The van der Waals surface area contributed by atoms with Gasteiger partial charge in [0.2, 0.25) is 0 Å². The van der Waals surface area contributed by atoms with Crippen LogP contribution in [0.4, 0.5) is 0 Å². The predicted molar refractivity (Wildman–Crippen MR) is 371 cm³/mol. The molecule has 86 heavy (non-hydrogen) atoms. The highest BCUT2D eigenvalue weighted by molar-refractivity contribution is 7.47. The summed E-state index contributed by atoms with van der Waals surface area (Å²) in [6.07, 6.45) is 93.3. The van der Waals surface area contributed by atoms with Gasteiger partial charge in [-0.05, 0) is 103 Å². The molecule has 2 unspecified atom stereocenters. The van der Waals surface area contributed by atoms with E-state index in [4.69, 9.17) is 18.5 Å². The van der Waals surface area contributed by atoms with Gasteiger partial charge in [-0.1, -0.05) is 303 Å². The number of phosphoric acid groups is 1. The molecule has 10 heteroatoms. The zero-order valence-corrected chi connectivity index (χ0v) is 57.4. The quantitative estimate of drug-likeness (QED) is 0.0211. The number of quaternary nitrogens is 1. The minimum atomic E-state index is -4.40. The van der Waals surface area contributed by atoms with Crippen molar-refractivity contribution in [2.45, 2.75) is 315 Å². The number of hydrogen-bond donors (Lipinski definition) is 1. The summed E-state index contributed by atoms with van der Waals surface area (Å²) in [5.41, 5.74) is 0. The first kappa shape index (κ1) is 82.7. The fourth-order valence-electron chi connectivity index (χ4n) is 9.85. The molecular weight excluding hydrogens is 1090 g/mol. The third kappa shape index (κ3) is 69.8. The van der Waals surface area contributed by atoms with Gasteiger partial charge in [-0.2, -0.15) is 0 Å². The maximum absolute atomic E-state index is 12.9. The van der Waals surface area contributed by atoms with Crippen molar-refractivity contribution >= 4 is 19.8 Å². The Morgan fingerprint density at radius 3 is 1.00 bits per heavy atom. The molecule has 0 spiro atoms. The van der Waals surface area contributed by atoms with E-state index in [0.29, 0.717) is 17.4 Å². The summed E-state index contributed by atoms with van der Waals surface area (Å²) in [5.74, 6) is -0.792. The maximum atomic E-state index is 12.9. The number of ether oxygens (including phenoxy) is 2. The van der Waals surface area contributed by atoms with Crippen molar-refractivity contribution in [2.24, 2.45) is 0 Å². The number of carbonyl (C=O) groups is 2. The summed E-state index contributed by atoms with van der Waals surface area (Å²) >= 11 is 0. The number of carbonyl (C=O) groups excluding carboxylic acids is 2. The molecule has 0 aliphatic rings. The Kier molecular flexibility index (Phi) is 63.5. The molecular formula is C76H135NO8P+. The second kappa shape index (κ2) is 66.1. The van der Waals surface area contributed by atoms with Gasteiger partial charge in [0.15, 0.2) is 6.10 Å². The monoisotopic (exact) mass is 1220 g/mol. The predicted octanol–water partition coefficient (Wildman–Crippen LogP) is 23.3. The number of rotatable bonds is 65. The number of unbranched alkanes of at least 4 members (excludes halogenated alkanes) is 33. The van der Waals surface area contributed by atoms with Crippen molar-refractivity contribution in [3.05, 3.63) is 109 Å². The topological polar surface area (TPSA) is 108 Å². The Bertz CT molecular complexity index is 1820. The highest BCUT2D eigenvalue weighted by Crippen LogP contribution is 2.43. The van der Waals surface area contributed by atoms with Gasteiger partial charge < -0.3 is 18.9 Å². The van der Waals surface area contributed by atoms with Gasteiger partial charge in [-0.15, -0.1) is 0 Å². The van der Waals surface area contributed by atoms with Crippen LogP contribution in [-0.2, 0) is 32.7 Å². The standard InChI is InChI=1S/C76H134NO8P/c1-6-8-10-12-14-16-18-20-22-24-26-28-30-31-32-33-34-35-36-37-38-39-40-41-42-43-44-45-47-49-51-53-55-57-59-61-63-65-67-69-76(79)85-74(73-84-86(80,81)83-71-70-77(3,4)5)72-82-75(78)68-66-64-62-60-58-56-54-52-50-48-46-29-27-25-23-21-19-17-15-13-11-9-7-2/h8,10,14,16,20,22,25-28,31-32,34-35,37-38,40-41,74H,6-7,9,11-13,15,17-19,21,23-24,29-30,33,36,39,42-73H2,1-5H3/p+1/b10-8-,16-14-,22-20-,27-25-,28-26-,32-31-,35-34-,38-37-,41-40-. The zero-order chi connectivity index (χ0) is 62.6. The molecule has 0 aromatic carbocycles. The van der Waals surface area contributed by atoms with Crippen molar-refractivity contribution in [3.8, 4) is 0 Å². The van der Waals surface area contributed by atoms with Crippen molar-refractivity contribution in [3.63, 3.8) is 0 Å². The lowest BCUT2D eigenvalue weighted by molar-refractivity contribution is -0.870. The van der Waals surface area contributed by atoms with E-state index in [1.165, 1.54) is 186 Å². The summed E-state index contributed by atoms with van der Waals surface area (Å²) in [5, 5.41) is 0. The SMILES string of the molecule is CC/C=C\C/C=C\C/C=C\C/C=C\C/C=C\C/C=C\C/C=C\C/C=C\CCCCCCCCCCCCCCCCC(=O)OC(COC(=O)CCCCCCCCCCCCC/C=C\CCCCCCCCCC)COP(=O)(O)OCC[N+](C)(C)C. The van der Waals surface area contributed by atoms with Crippen LogP contribution in [0.15, 0.2) is 109 Å². The lowest BCUT2D eigenvalue weighted by Crippen LogP contribution is -2.37. The maximum Gasteiger partial charge on any atom is 0.472 e.